The molecule has 41 heavy (non-hydrogen) atoms. The lowest BCUT2D eigenvalue weighted by molar-refractivity contribution is -0.149. The number of para-hydroxylation sites is 1. The molecular formula is C25H33ClFN6O7P. The molecule has 0 aliphatic carbocycles. The summed E-state index contributed by atoms with van der Waals surface area (Å²) in [6, 6.07) is 6.99. The molecule has 2 aromatic heterocycles. The van der Waals surface area contributed by atoms with Gasteiger partial charge in [0, 0.05) is 7.05 Å². The molecule has 0 amide bonds. The quantitative estimate of drug-likeness (QED) is 0.155. The second-order valence-electron chi connectivity index (χ2n) is 9.80. The average Bonchev–Trinajstić information content (AvgIpc) is 3.46. The smallest absolute Gasteiger partial charge is 0.459 e. The van der Waals surface area contributed by atoms with Gasteiger partial charge < -0.3 is 24.4 Å². The lowest BCUT2D eigenvalue weighted by Crippen LogP contribution is -2.48. The number of carbonyl (C=O) groups excluding carboxylic acids is 1. The molecule has 224 valence electrons. The zero-order valence-corrected chi connectivity index (χ0v) is 24.8. The van der Waals surface area contributed by atoms with Crippen LogP contribution in [0.2, 0.25) is 0 Å². The highest BCUT2D eigenvalue weighted by molar-refractivity contribution is 7.52. The predicted octanol–water partition coefficient (Wildman–Crippen LogP) is 3.52. The fraction of sp³-hybridized carbons (Fsp3) is 0.520. The number of halogens is 2. The van der Waals surface area contributed by atoms with Crippen LogP contribution in [0.5, 0.6) is 5.75 Å². The summed E-state index contributed by atoms with van der Waals surface area (Å²) in [5.41, 5.74) is -1.23. The molecule has 6 atom stereocenters. The van der Waals surface area contributed by atoms with E-state index in [1.54, 1.807) is 46.0 Å². The van der Waals surface area contributed by atoms with Crippen molar-refractivity contribution in [3.05, 3.63) is 42.5 Å². The molecule has 3 N–H and O–H groups in total. The van der Waals surface area contributed by atoms with Gasteiger partial charge in [-0.1, -0.05) is 18.2 Å². The first-order valence-electron chi connectivity index (χ1n) is 12.8. The van der Waals surface area contributed by atoms with E-state index in [1.165, 1.54) is 30.0 Å². The highest BCUT2D eigenvalue weighted by Gasteiger charge is 2.57. The highest BCUT2D eigenvalue weighted by Crippen LogP contribution is 2.49. The van der Waals surface area contributed by atoms with Gasteiger partial charge in [-0.3, -0.25) is 13.9 Å². The lowest BCUT2D eigenvalue weighted by Gasteiger charge is -2.31. The van der Waals surface area contributed by atoms with Gasteiger partial charge in [0.25, 0.3) is 0 Å². The van der Waals surface area contributed by atoms with Crippen molar-refractivity contribution in [2.24, 2.45) is 0 Å². The summed E-state index contributed by atoms with van der Waals surface area (Å²) in [6.07, 6.45) is -4.30. The van der Waals surface area contributed by atoms with Crippen molar-refractivity contribution in [1.82, 2.24) is 24.6 Å². The van der Waals surface area contributed by atoms with Crippen molar-refractivity contribution < 1.29 is 37.4 Å². The fourth-order valence-corrected chi connectivity index (χ4v) is 6.06. The SMILES string of the molecule is CNc1nc(C)nc2c1ncn2[C@@H]1O[C@](CCl)(CO[P@](=O)(N[C@H](C)C(=O)OC(C)C)Oc2ccccc2)[C@@H](O)[C@H]1F. The van der Waals surface area contributed by atoms with Crippen molar-refractivity contribution >= 4 is 42.3 Å². The number of aliphatic hydroxyl groups is 1. The Morgan fingerprint density at radius 2 is 2.00 bits per heavy atom. The standard InChI is InChI=1S/C25H33ClFN6O7P/c1-14(2)38-24(35)15(3)32-41(36,40-17-9-7-6-8-10-17)37-12-25(11-26)20(34)18(27)23(39-25)33-13-29-19-21(28-5)30-16(4)31-22(19)33/h6-10,13-15,18,20,23,34H,11-12H2,1-5H3,(H,32,36)(H,28,30,31)/t15-,18-,20+,23-,25-,41-/m1/s1. The normalized spacial score (nSPS) is 24.8. The number of hydrogen-bond acceptors (Lipinski definition) is 11. The van der Waals surface area contributed by atoms with Gasteiger partial charge in [0.05, 0.1) is 24.9 Å². The number of aryl methyl sites for hydroxylation is 1. The Kier molecular flexibility index (Phi) is 9.52. The Labute approximate surface area is 241 Å². The second kappa shape index (κ2) is 12.6. The molecule has 0 bridgehead atoms. The van der Waals surface area contributed by atoms with Gasteiger partial charge in [-0.2, -0.15) is 5.09 Å². The van der Waals surface area contributed by atoms with Gasteiger partial charge in [0.1, 0.15) is 29.3 Å². The van der Waals surface area contributed by atoms with Crippen LogP contribution in [-0.2, 0) is 23.4 Å². The fourth-order valence-electron chi connectivity index (χ4n) is 4.21. The van der Waals surface area contributed by atoms with Gasteiger partial charge in [0.2, 0.25) is 0 Å². The van der Waals surface area contributed by atoms with Gasteiger partial charge in [0.15, 0.2) is 29.4 Å². The Bertz CT molecular complexity index is 1420. The molecule has 4 rings (SSSR count). The maximum Gasteiger partial charge on any atom is 0.459 e. The molecule has 16 heteroatoms. The van der Waals surface area contributed by atoms with E-state index in [9.17, 15) is 14.5 Å². The minimum absolute atomic E-state index is 0.169. The predicted molar refractivity (Wildman–Crippen MR) is 149 cm³/mol. The molecule has 0 saturated carbocycles. The third-order valence-electron chi connectivity index (χ3n) is 6.24. The van der Waals surface area contributed by atoms with Gasteiger partial charge in [-0.15, -0.1) is 11.6 Å². The van der Waals surface area contributed by atoms with E-state index in [2.05, 4.69) is 25.4 Å². The van der Waals surface area contributed by atoms with Crippen LogP contribution in [-0.4, -0.2) is 80.2 Å². The largest absolute Gasteiger partial charge is 0.462 e. The average molecular weight is 615 g/mol. The number of benzene rings is 1. The zero-order chi connectivity index (χ0) is 29.9. The van der Waals surface area contributed by atoms with E-state index >= 15 is 4.39 Å². The summed E-state index contributed by atoms with van der Waals surface area (Å²) in [4.78, 5) is 25.3. The molecule has 1 fully saturated rings. The third-order valence-corrected chi connectivity index (χ3v) is 8.32. The molecule has 3 heterocycles. The van der Waals surface area contributed by atoms with Crippen molar-refractivity contribution in [3.8, 4) is 5.75 Å². The molecule has 1 aliphatic heterocycles. The van der Waals surface area contributed by atoms with E-state index in [1.807, 2.05) is 0 Å². The summed E-state index contributed by atoms with van der Waals surface area (Å²) in [5, 5.41) is 16.5. The second-order valence-corrected chi connectivity index (χ2v) is 11.8. The maximum absolute atomic E-state index is 15.7. The van der Waals surface area contributed by atoms with Gasteiger partial charge in [-0.05, 0) is 39.8 Å². The van der Waals surface area contributed by atoms with Gasteiger partial charge in [-0.25, -0.2) is 23.9 Å². The molecule has 1 aliphatic rings. The summed E-state index contributed by atoms with van der Waals surface area (Å²) in [7, 11) is -2.69. The molecule has 0 spiro atoms. The molecule has 3 aromatic rings. The van der Waals surface area contributed by atoms with Crippen LogP contribution in [0.4, 0.5) is 10.2 Å². The Morgan fingerprint density at radius 1 is 1.29 bits per heavy atom. The van der Waals surface area contributed by atoms with E-state index < -0.39 is 62.5 Å². The van der Waals surface area contributed by atoms with Crippen LogP contribution in [0.15, 0.2) is 36.7 Å². The Balaban J connectivity index is 1.61. The number of anilines is 1. The van der Waals surface area contributed by atoms with E-state index in [4.69, 9.17) is 30.1 Å². The first kappa shape index (κ1) is 31.1. The molecule has 0 unspecified atom stereocenters. The van der Waals surface area contributed by atoms with Crippen LogP contribution < -0.4 is 14.9 Å². The Morgan fingerprint density at radius 3 is 2.63 bits per heavy atom. The molecule has 1 aromatic carbocycles. The third kappa shape index (κ3) is 6.63. The van der Waals surface area contributed by atoms with Crippen LogP contribution in [0.3, 0.4) is 0 Å². The number of hydrogen-bond donors (Lipinski definition) is 3. The number of ether oxygens (including phenoxy) is 2. The number of esters is 1. The number of carbonyl (C=O) groups is 1. The molecule has 0 radical (unpaired) electrons. The highest BCUT2D eigenvalue weighted by atomic mass is 35.5. The minimum atomic E-state index is -4.36. The number of nitrogens with zero attached hydrogens (tertiary/aromatic N) is 4. The first-order chi connectivity index (χ1) is 19.4. The number of imidazole rings is 1. The number of aliphatic hydroxyl groups excluding tert-OH is 1. The maximum atomic E-state index is 15.7. The number of alkyl halides is 2. The molecule has 1 saturated heterocycles. The van der Waals surface area contributed by atoms with E-state index in [0.717, 1.165) is 0 Å². The monoisotopic (exact) mass is 614 g/mol. The van der Waals surface area contributed by atoms with E-state index in [0.29, 0.717) is 17.2 Å². The summed E-state index contributed by atoms with van der Waals surface area (Å²) in [5.74, 6) is -0.132. The zero-order valence-electron chi connectivity index (χ0n) is 23.2. The first-order valence-corrected chi connectivity index (χ1v) is 14.9. The lowest BCUT2D eigenvalue weighted by atomic mass is 9.99. The number of rotatable bonds is 12. The molecule has 13 nitrogen and oxygen atoms in total. The molecular weight excluding hydrogens is 582 g/mol. The summed E-state index contributed by atoms with van der Waals surface area (Å²) >= 11 is 6.23. The number of aromatic nitrogens is 4. The topological polar surface area (TPSA) is 159 Å². The van der Waals surface area contributed by atoms with E-state index in [-0.39, 0.29) is 11.4 Å². The summed E-state index contributed by atoms with van der Waals surface area (Å²) < 4.78 is 53.4. The number of nitrogens with one attached hydrogen (secondary N) is 2. The van der Waals surface area contributed by atoms with Crippen LogP contribution in [0, 0.1) is 6.92 Å². The van der Waals surface area contributed by atoms with Gasteiger partial charge >= 0.3 is 13.7 Å². The summed E-state index contributed by atoms with van der Waals surface area (Å²) in [6.45, 7) is 5.77. The van der Waals surface area contributed by atoms with Crippen molar-refractivity contribution in [2.45, 2.75) is 63.9 Å². The van der Waals surface area contributed by atoms with Crippen molar-refractivity contribution in [2.75, 3.05) is 24.9 Å². The number of fused-ring (bicyclic) bond motifs is 1. The van der Waals surface area contributed by atoms with Crippen LogP contribution in [0.1, 0.15) is 32.8 Å². The van der Waals surface area contributed by atoms with Crippen molar-refractivity contribution in [1.29, 1.82) is 0 Å². The van der Waals surface area contributed by atoms with Crippen LogP contribution in [0.25, 0.3) is 11.2 Å². The van der Waals surface area contributed by atoms with Crippen molar-refractivity contribution in [3.63, 3.8) is 0 Å². The Hall–Kier alpha value is -2.87. The van der Waals surface area contributed by atoms with Crippen LogP contribution >= 0.6 is 19.3 Å². The minimum Gasteiger partial charge on any atom is -0.462 e.